The van der Waals surface area contributed by atoms with Crippen LogP contribution in [0.25, 0.3) is 0 Å². The molecule has 0 unspecified atom stereocenters. The van der Waals surface area contributed by atoms with Crippen LogP contribution in [0.4, 0.5) is 10.5 Å². The molecule has 2 heterocycles. The Morgan fingerprint density at radius 2 is 1.68 bits per heavy atom. The molecule has 31 heavy (non-hydrogen) atoms. The zero-order valence-electron chi connectivity index (χ0n) is 19.6. The van der Waals surface area contributed by atoms with E-state index in [1.807, 2.05) is 33.8 Å². The molecule has 9 heteroatoms. The van der Waals surface area contributed by atoms with Crippen molar-refractivity contribution in [3.05, 3.63) is 22.8 Å². The summed E-state index contributed by atoms with van der Waals surface area (Å²) >= 11 is 0. The van der Waals surface area contributed by atoms with Crippen LogP contribution in [0.1, 0.15) is 37.5 Å². The molecule has 0 spiro atoms. The average molecular weight is 432 g/mol. The molecule has 2 saturated heterocycles. The highest BCUT2D eigenvalue weighted by Crippen LogP contribution is 2.28. The number of amides is 1. The van der Waals surface area contributed by atoms with Gasteiger partial charge in [-0.3, -0.25) is 4.90 Å². The lowest BCUT2D eigenvalue weighted by atomic mass is 9.74. The second-order valence-corrected chi connectivity index (χ2v) is 9.58. The Hall–Kier alpha value is -1.81. The van der Waals surface area contributed by atoms with Crippen molar-refractivity contribution in [1.29, 1.82) is 0 Å². The van der Waals surface area contributed by atoms with Crippen LogP contribution in [0.2, 0.25) is 0 Å². The molecular formula is C22H37BN4O4. The van der Waals surface area contributed by atoms with Crippen LogP contribution < -0.4 is 15.7 Å². The summed E-state index contributed by atoms with van der Waals surface area (Å²) in [6, 6.07) is 1.93. The van der Waals surface area contributed by atoms with E-state index in [-0.39, 0.29) is 6.09 Å². The summed E-state index contributed by atoms with van der Waals surface area (Å²) in [5.41, 5.74) is 4.44. The summed E-state index contributed by atoms with van der Waals surface area (Å²) in [6.45, 7) is 16.9. The quantitative estimate of drug-likeness (QED) is 0.596. The molecule has 1 aromatic rings. The van der Waals surface area contributed by atoms with Gasteiger partial charge < -0.3 is 29.9 Å². The SMILES string of the molecule is Cc1c(CN2CCN(C(=O)OC(C)(C)C)CC2)cc(B(O)O)c(C)c1N1CCNCC1. The highest BCUT2D eigenvalue weighted by atomic mass is 16.6. The number of hydrogen-bond donors (Lipinski definition) is 3. The molecule has 0 atom stereocenters. The third kappa shape index (κ3) is 5.91. The van der Waals surface area contributed by atoms with Crippen molar-refractivity contribution < 1.29 is 19.6 Å². The van der Waals surface area contributed by atoms with Gasteiger partial charge in [-0.1, -0.05) is 6.07 Å². The molecule has 0 aromatic heterocycles. The predicted octanol–water partition coefficient (Wildman–Crippen LogP) is 0.446. The van der Waals surface area contributed by atoms with Gasteiger partial charge in [-0.05, 0) is 56.8 Å². The molecule has 0 radical (unpaired) electrons. The van der Waals surface area contributed by atoms with Crippen LogP contribution in [-0.2, 0) is 11.3 Å². The fourth-order valence-corrected chi connectivity index (χ4v) is 4.43. The minimum atomic E-state index is -1.50. The Labute approximate surface area is 186 Å². The first-order valence-corrected chi connectivity index (χ1v) is 11.2. The third-order valence-electron chi connectivity index (χ3n) is 6.08. The van der Waals surface area contributed by atoms with Gasteiger partial charge in [-0.15, -0.1) is 0 Å². The largest absolute Gasteiger partial charge is 0.488 e. The number of anilines is 1. The zero-order chi connectivity index (χ0) is 22.8. The van der Waals surface area contributed by atoms with Gasteiger partial charge in [0.05, 0.1) is 0 Å². The highest BCUT2D eigenvalue weighted by Gasteiger charge is 2.28. The number of piperazine rings is 2. The Bertz CT molecular complexity index is 783. The van der Waals surface area contributed by atoms with Crippen LogP contribution in [0, 0.1) is 13.8 Å². The number of nitrogens with one attached hydrogen (secondary N) is 1. The minimum absolute atomic E-state index is 0.259. The Balaban J connectivity index is 1.74. The number of ether oxygens (including phenoxy) is 1. The lowest BCUT2D eigenvalue weighted by Gasteiger charge is -2.37. The lowest BCUT2D eigenvalue weighted by Crippen LogP contribution is -2.50. The summed E-state index contributed by atoms with van der Waals surface area (Å²) in [4.78, 5) is 18.7. The Kier molecular flexibility index (Phi) is 7.52. The second kappa shape index (κ2) is 9.77. The number of rotatable bonds is 4. The van der Waals surface area contributed by atoms with Gasteiger partial charge in [-0.2, -0.15) is 0 Å². The van der Waals surface area contributed by atoms with Crippen molar-refractivity contribution in [2.75, 3.05) is 57.3 Å². The fraction of sp³-hybridized carbons (Fsp3) is 0.682. The monoisotopic (exact) mass is 432 g/mol. The average Bonchev–Trinajstić information content (AvgIpc) is 2.70. The molecule has 3 rings (SSSR count). The lowest BCUT2D eigenvalue weighted by molar-refractivity contribution is 0.0139. The van der Waals surface area contributed by atoms with Gasteiger partial charge >= 0.3 is 13.2 Å². The zero-order valence-corrected chi connectivity index (χ0v) is 19.6. The van der Waals surface area contributed by atoms with Crippen molar-refractivity contribution in [1.82, 2.24) is 15.1 Å². The Morgan fingerprint density at radius 3 is 2.23 bits per heavy atom. The molecule has 2 aliphatic heterocycles. The van der Waals surface area contributed by atoms with Crippen molar-refractivity contribution in [2.24, 2.45) is 0 Å². The summed E-state index contributed by atoms with van der Waals surface area (Å²) in [6.07, 6.45) is -0.259. The van der Waals surface area contributed by atoms with Gasteiger partial charge in [0.2, 0.25) is 0 Å². The summed E-state index contributed by atoms with van der Waals surface area (Å²) < 4.78 is 5.49. The van der Waals surface area contributed by atoms with E-state index in [9.17, 15) is 14.8 Å². The van der Waals surface area contributed by atoms with Crippen LogP contribution >= 0.6 is 0 Å². The van der Waals surface area contributed by atoms with Gasteiger partial charge in [0.15, 0.2) is 0 Å². The van der Waals surface area contributed by atoms with E-state index in [1.165, 1.54) is 5.56 Å². The van der Waals surface area contributed by atoms with E-state index in [0.29, 0.717) is 25.1 Å². The standard InChI is InChI=1S/C22H37BN4O4/c1-16-18(15-25-10-12-27(13-11-25)21(28)31-22(3,4)5)14-19(23(29)30)17(2)20(16)26-8-6-24-7-9-26/h14,24,29-30H,6-13,15H2,1-5H3. The van der Waals surface area contributed by atoms with Crippen LogP contribution in [-0.4, -0.2) is 91.0 Å². The first kappa shape index (κ1) is 23.8. The molecule has 3 N–H and O–H groups in total. The number of benzene rings is 1. The maximum Gasteiger partial charge on any atom is 0.488 e. The first-order valence-electron chi connectivity index (χ1n) is 11.2. The number of carbonyl (C=O) groups excluding carboxylic acids is 1. The van der Waals surface area contributed by atoms with Gasteiger partial charge in [0, 0.05) is 64.6 Å². The third-order valence-corrected chi connectivity index (χ3v) is 6.08. The maximum atomic E-state index is 12.3. The molecule has 0 aliphatic carbocycles. The van der Waals surface area contributed by atoms with Crippen molar-refractivity contribution in [2.45, 2.75) is 46.8 Å². The first-order chi connectivity index (χ1) is 14.6. The molecular weight excluding hydrogens is 395 g/mol. The van der Waals surface area contributed by atoms with Crippen LogP contribution in [0.3, 0.4) is 0 Å². The van der Waals surface area contributed by atoms with E-state index in [4.69, 9.17) is 4.74 Å². The molecule has 2 fully saturated rings. The fourth-order valence-electron chi connectivity index (χ4n) is 4.43. The highest BCUT2D eigenvalue weighted by molar-refractivity contribution is 6.59. The van der Waals surface area contributed by atoms with Gasteiger partial charge in [0.1, 0.15) is 5.60 Å². The molecule has 2 aliphatic rings. The van der Waals surface area contributed by atoms with E-state index in [1.54, 1.807) is 4.90 Å². The van der Waals surface area contributed by atoms with Crippen molar-refractivity contribution in [3.63, 3.8) is 0 Å². The normalized spacial score (nSPS) is 18.3. The van der Waals surface area contributed by atoms with Crippen LogP contribution in [0.5, 0.6) is 0 Å². The van der Waals surface area contributed by atoms with E-state index < -0.39 is 12.7 Å². The number of carbonyl (C=O) groups is 1. The van der Waals surface area contributed by atoms with Gasteiger partial charge in [-0.25, -0.2) is 4.79 Å². The second-order valence-electron chi connectivity index (χ2n) is 9.58. The molecule has 172 valence electrons. The number of nitrogens with zero attached hydrogens (tertiary/aromatic N) is 3. The molecule has 8 nitrogen and oxygen atoms in total. The summed E-state index contributed by atoms with van der Waals surface area (Å²) in [5.74, 6) is 0. The molecule has 0 bridgehead atoms. The maximum absolute atomic E-state index is 12.3. The molecule has 0 saturated carbocycles. The smallest absolute Gasteiger partial charge is 0.444 e. The summed E-state index contributed by atoms with van der Waals surface area (Å²) in [7, 11) is -1.50. The predicted molar refractivity (Wildman–Crippen MR) is 124 cm³/mol. The van der Waals surface area contributed by atoms with Crippen molar-refractivity contribution in [3.8, 4) is 0 Å². The molecule has 1 amide bonds. The van der Waals surface area contributed by atoms with E-state index in [2.05, 4.69) is 22.0 Å². The minimum Gasteiger partial charge on any atom is -0.444 e. The topological polar surface area (TPSA) is 88.5 Å². The summed E-state index contributed by atoms with van der Waals surface area (Å²) in [5, 5.41) is 23.4. The molecule has 1 aromatic carbocycles. The Morgan fingerprint density at radius 1 is 1.06 bits per heavy atom. The van der Waals surface area contributed by atoms with E-state index in [0.717, 1.165) is 56.1 Å². The van der Waals surface area contributed by atoms with Crippen LogP contribution in [0.15, 0.2) is 6.07 Å². The van der Waals surface area contributed by atoms with Crippen molar-refractivity contribution >= 4 is 24.4 Å². The van der Waals surface area contributed by atoms with E-state index >= 15 is 0 Å². The van der Waals surface area contributed by atoms with Gasteiger partial charge in [0.25, 0.3) is 0 Å². The number of hydrogen-bond acceptors (Lipinski definition) is 7.